The molecule has 0 saturated carbocycles. The van der Waals surface area contributed by atoms with Gasteiger partial charge in [0.05, 0.1) is 6.04 Å². The predicted octanol–water partition coefficient (Wildman–Crippen LogP) is 0.245. The summed E-state index contributed by atoms with van der Waals surface area (Å²) >= 11 is 1.02. The van der Waals surface area contributed by atoms with Crippen LogP contribution in [0, 0.1) is 5.41 Å². The molecular weight excluding hydrogens is 202 g/mol. The van der Waals surface area contributed by atoms with Crippen molar-refractivity contribution in [3.05, 3.63) is 0 Å². The van der Waals surface area contributed by atoms with Crippen molar-refractivity contribution in [3.8, 4) is 0 Å². The van der Waals surface area contributed by atoms with Gasteiger partial charge in [0.2, 0.25) is 11.0 Å². The molecule has 0 aliphatic heterocycles. The Bertz CT molecular complexity index is 304. The van der Waals surface area contributed by atoms with Gasteiger partial charge in [0, 0.05) is 11.5 Å². The predicted molar refractivity (Wildman–Crippen MR) is 53.8 cm³/mol. The standard InChI is InChI=1S/C7H13N5OS/c1-7(2,3)4(8)5(13)9-6-10-11-12-14-6/h4H,8H2,1-3H3,(H,9,10,12,13)/t4-/m1/s1. The minimum Gasteiger partial charge on any atom is -0.319 e. The minimum atomic E-state index is -0.577. The van der Waals surface area contributed by atoms with Gasteiger partial charge in [-0.3, -0.25) is 10.1 Å². The molecule has 7 heteroatoms. The van der Waals surface area contributed by atoms with Crippen molar-refractivity contribution in [2.24, 2.45) is 11.1 Å². The Balaban J connectivity index is 2.59. The number of nitrogens with one attached hydrogen (secondary N) is 1. The first-order chi connectivity index (χ1) is 6.41. The summed E-state index contributed by atoms with van der Waals surface area (Å²) in [5.74, 6) is -0.268. The summed E-state index contributed by atoms with van der Waals surface area (Å²) in [6, 6.07) is -0.577. The van der Waals surface area contributed by atoms with Crippen LogP contribution in [0.2, 0.25) is 0 Å². The van der Waals surface area contributed by atoms with E-state index < -0.39 is 6.04 Å². The zero-order valence-electron chi connectivity index (χ0n) is 8.31. The molecule has 0 spiro atoms. The lowest BCUT2D eigenvalue weighted by molar-refractivity contribution is -0.119. The van der Waals surface area contributed by atoms with Crippen LogP contribution < -0.4 is 11.1 Å². The molecule has 6 nitrogen and oxygen atoms in total. The molecule has 0 aromatic carbocycles. The van der Waals surface area contributed by atoms with Crippen LogP contribution in [0.15, 0.2) is 0 Å². The first-order valence-electron chi connectivity index (χ1n) is 4.13. The summed E-state index contributed by atoms with van der Waals surface area (Å²) in [4.78, 5) is 11.5. The number of nitrogens with two attached hydrogens (primary N) is 1. The molecule has 0 bridgehead atoms. The van der Waals surface area contributed by atoms with Crippen molar-refractivity contribution >= 4 is 22.6 Å². The van der Waals surface area contributed by atoms with Crippen LogP contribution in [0.5, 0.6) is 0 Å². The molecule has 1 aromatic rings. The molecule has 3 N–H and O–H groups in total. The topological polar surface area (TPSA) is 93.8 Å². The molecule has 0 aliphatic rings. The Kier molecular flexibility index (Phi) is 3.12. The fraction of sp³-hybridized carbons (Fsp3) is 0.714. The third-order valence-electron chi connectivity index (χ3n) is 1.74. The van der Waals surface area contributed by atoms with Gasteiger partial charge in [-0.15, -0.1) is 0 Å². The fourth-order valence-corrected chi connectivity index (χ4v) is 1.13. The summed E-state index contributed by atoms with van der Waals surface area (Å²) in [6.45, 7) is 5.70. The van der Waals surface area contributed by atoms with Crippen LogP contribution in [-0.4, -0.2) is 26.7 Å². The highest BCUT2D eigenvalue weighted by Gasteiger charge is 2.27. The molecule has 0 radical (unpaired) electrons. The van der Waals surface area contributed by atoms with Gasteiger partial charge in [-0.25, -0.2) is 0 Å². The molecule has 0 fully saturated rings. The number of carbonyl (C=O) groups excluding carboxylic acids is 1. The number of hydrogen-bond acceptors (Lipinski definition) is 6. The van der Waals surface area contributed by atoms with E-state index in [1.54, 1.807) is 0 Å². The van der Waals surface area contributed by atoms with Gasteiger partial charge < -0.3 is 5.73 Å². The maximum absolute atomic E-state index is 11.5. The van der Waals surface area contributed by atoms with Crippen molar-refractivity contribution in [3.63, 3.8) is 0 Å². The maximum Gasteiger partial charge on any atom is 0.243 e. The van der Waals surface area contributed by atoms with E-state index in [-0.39, 0.29) is 11.3 Å². The minimum absolute atomic E-state index is 0.268. The number of rotatable bonds is 2. The van der Waals surface area contributed by atoms with Gasteiger partial charge in [-0.2, -0.15) is 0 Å². The van der Waals surface area contributed by atoms with E-state index in [2.05, 4.69) is 20.1 Å². The molecule has 1 amide bonds. The van der Waals surface area contributed by atoms with Crippen LogP contribution >= 0.6 is 11.5 Å². The third-order valence-corrected chi connectivity index (χ3v) is 2.26. The molecule has 1 heterocycles. The van der Waals surface area contributed by atoms with Crippen molar-refractivity contribution < 1.29 is 4.79 Å². The monoisotopic (exact) mass is 215 g/mol. The summed E-state index contributed by atoms with van der Waals surface area (Å²) in [6.07, 6.45) is 0. The Morgan fingerprint density at radius 3 is 2.64 bits per heavy atom. The van der Waals surface area contributed by atoms with Crippen LogP contribution in [0.3, 0.4) is 0 Å². The molecule has 78 valence electrons. The fourth-order valence-electron chi connectivity index (χ4n) is 0.758. The van der Waals surface area contributed by atoms with Crippen LogP contribution in [-0.2, 0) is 4.79 Å². The van der Waals surface area contributed by atoms with Crippen LogP contribution in [0.4, 0.5) is 5.13 Å². The van der Waals surface area contributed by atoms with Crippen molar-refractivity contribution in [2.75, 3.05) is 5.32 Å². The molecule has 0 unspecified atom stereocenters. The Hall–Kier alpha value is -1.08. The van der Waals surface area contributed by atoms with E-state index in [9.17, 15) is 4.79 Å². The number of hydrogen-bond donors (Lipinski definition) is 2. The molecule has 1 aromatic heterocycles. The maximum atomic E-state index is 11.5. The molecule has 0 aliphatic carbocycles. The molecule has 1 atom stereocenters. The Morgan fingerprint density at radius 2 is 2.21 bits per heavy atom. The third kappa shape index (κ3) is 2.71. The highest BCUT2D eigenvalue weighted by molar-refractivity contribution is 7.09. The second-order valence-corrected chi connectivity index (χ2v) is 4.73. The van der Waals surface area contributed by atoms with Gasteiger partial charge in [-0.1, -0.05) is 30.4 Å². The van der Waals surface area contributed by atoms with Crippen molar-refractivity contribution in [1.82, 2.24) is 14.8 Å². The highest BCUT2D eigenvalue weighted by Crippen LogP contribution is 2.18. The first-order valence-corrected chi connectivity index (χ1v) is 4.90. The Labute approximate surface area is 86.0 Å². The summed E-state index contributed by atoms with van der Waals surface area (Å²) in [7, 11) is 0. The first kappa shape index (κ1) is 11.0. The number of nitrogens with zero attached hydrogens (tertiary/aromatic N) is 3. The number of carbonyl (C=O) groups is 1. The molecular formula is C7H13N5OS. The lowest BCUT2D eigenvalue weighted by Gasteiger charge is -2.25. The summed E-state index contributed by atoms with van der Waals surface area (Å²) in [5, 5.41) is 9.87. The number of aromatic nitrogens is 3. The van der Waals surface area contributed by atoms with E-state index in [4.69, 9.17) is 5.73 Å². The average molecular weight is 215 g/mol. The normalized spacial score (nSPS) is 13.7. The highest BCUT2D eigenvalue weighted by atomic mass is 32.1. The van der Waals surface area contributed by atoms with Gasteiger partial charge in [0.25, 0.3) is 0 Å². The van der Waals surface area contributed by atoms with Gasteiger partial charge in [-0.05, 0) is 10.6 Å². The average Bonchev–Trinajstić information content (AvgIpc) is 2.53. The van der Waals surface area contributed by atoms with Gasteiger partial charge in [0.15, 0.2) is 0 Å². The van der Waals surface area contributed by atoms with Gasteiger partial charge >= 0.3 is 0 Å². The number of anilines is 1. The summed E-state index contributed by atoms with van der Waals surface area (Å²) in [5.41, 5.74) is 5.46. The van der Waals surface area contributed by atoms with E-state index in [0.29, 0.717) is 5.13 Å². The smallest absolute Gasteiger partial charge is 0.243 e. The zero-order chi connectivity index (χ0) is 10.8. The van der Waals surface area contributed by atoms with Crippen molar-refractivity contribution in [1.29, 1.82) is 0 Å². The quantitative estimate of drug-likeness (QED) is 0.737. The van der Waals surface area contributed by atoms with Gasteiger partial charge in [0.1, 0.15) is 0 Å². The largest absolute Gasteiger partial charge is 0.319 e. The lowest BCUT2D eigenvalue weighted by Crippen LogP contribution is -2.45. The van der Waals surface area contributed by atoms with E-state index in [1.807, 2.05) is 20.8 Å². The molecule has 14 heavy (non-hydrogen) atoms. The van der Waals surface area contributed by atoms with E-state index >= 15 is 0 Å². The molecule has 1 rings (SSSR count). The summed E-state index contributed by atoms with van der Waals surface area (Å²) < 4.78 is 3.52. The SMILES string of the molecule is CC(C)(C)[C@H](N)C(=O)Nc1nnns1. The second-order valence-electron chi connectivity index (χ2n) is 4.00. The van der Waals surface area contributed by atoms with Crippen LogP contribution in [0.25, 0.3) is 0 Å². The molecule has 0 saturated heterocycles. The second kappa shape index (κ2) is 3.97. The van der Waals surface area contributed by atoms with Crippen molar-refractivity contribution in [2.45, 2.75) is 26.8 Å². The van der Waals surface area contributed by atoms with E-state index in [1.165, 1.54) is 0 Å². The van der Waals surface area contributed by atoms with E-state index in [0.717, 1.165) is 11.5 Å². The zero-order valence-corrected chi connectivity index (χ0v) is 9.13. The van der Waals surface area contributed by atoms with Crippen LogP contribution in [0.1, 0.15) is 20.8 Å². The number of amides is 1. The Morgan fingerprint density at radius 1 is 1.57 bits per heavy atom. The lowest BCUT2D eigenvalue weighted by atomic mass is 9.87.